The molecule has 0 spiro atoms. The highest BCUT2D eigenvalue weighted by Crippen LogP contribution is 2.40. The molecule has 2 saturated heterocycles. The molecule has 3 aliphatic rings. The first-order chi connectivity index (χ1) is 10.0. The molecule has 2 fully saturated rings. The molecule has 2 N–H and O–H groups in total. The molecule has 0 aromatic rings. The Bertz CT molecular complexity index is 544. The number of fused-ring (bicyclic) bond motifs is 1. The molecule has 3 unspecified atom stereocenters. The van der Waals surface area contributed by atoms with Crippen molar-refractivity contribution in [1.82, 2.24) is 10.2 Å². The molecular formula is C14H16N2O5. The fourth-order valence-electron chi connectivity index (χ4n) is 3.40. The van der Waals surface area contributed by atoms with Gasteiger partial charge in [-0.3, -0.25) is 29.4 Å². The number of aliphatic hydroxyl groups excluding tert-OH is 1. The van der Waals surface area contributed by atoms with Crippen molar-refractivity contribution >= 4 is 23.6 Å². The van der Waals surface area contributed by atoms with Gasteiger partial charge in [-0.05, 0) is 19.3 Å². The number of nitrogens with one attached hydrogen (secondary N) is 1. The second-order valence-corrected chi connectivity index (χ2v) is 5.73. The van der Waals surface area contributed by atoms with Crippen LogP contribution in [0.25, 0.3) is 0 Å². The number of hydrogen-bond acceptors (Lipinski definition) is 5. The molecule has 7 heteroatoms. The Morgan fingerprint density at radius 3 is 2.19 bits per heavy atom. The van der Waals surface area contributed by atoms with Crippen LogP contribution in [0, 0.1) is 11.8 Å². The highest BCUT2D eigenvalue weighted by atomic mass is 16.3. The van der Waals surface area contributed by atoms with Crippen LogP contribution in [0.2, 0.25) is 0 Å². The number of nitrogens with zero attached hydrogens (tertiary/aromatic N) is 1. The normalized spacial score (nSPS) is 36.0. The van der Waals surface area contributed by atoms with Crippen LogP contribution >= 0.6 is 0 Å². The number of aliphatic hydroxyl groups is 1. The summed E-state index contributed by atoms with van der Waals surface area (Å²) in [6.45, 7) is -0.670. The van der Waals surface area contributed by atoms with E-state index in [1.54, 1.807) is 0 Å². The Morgan fingerprint density at radius 1 is 1.14 bits per heavy atom. The van der Waals surface area contributed by atoms with E-state index in [0.717, 1.165) is 4.90 Å². The lowest BCUT2D eigenvalue weighted by atomic mass is 9.85. The molecular weight excluding hydrogens is 276 g/mol. The van der Waals surface area contributed by atoms with Gasteiger partial charge in [0.05, 0.1) is 18.4 Å². The Balaban J connectivity index is 1.98. The summed E-state index contributed by atoms with van der Waals surface area (Å²) in [5, 5.41) is 11.8. The number of imide groups is 2. The number of allylic oxidation sites excluding steroid dienone is 2. The number of likely N-dealkylation sites (tertiary alicyclic amines) is 1. The second-order valence-electron chi connectivity index (χ2n) is 5.73. The van der Waals surface area contributed by atoms with Gasteiger partial charge in [-0.25, -0.2) is 0 Å². The Morgan fingerprint density at radius 2 is 1.71 bits per heavy atom. The summed E-state index contributed by atoms with van der Waals surface area (Å²) in [4.78, 5) is 49.5. The van der Waals surface area contributed by atoms with Crippen LogP contribution in [0.3, 0.4) is 0 Å². The molecule has 21 heavy (non-hydrogen) atoms. The minimum absolute atomic E-state index is 0.00303. The number of rotatable bonds is 2. The largest absolute Gasteiger partial charge is 0.393 e. The molecule has 0 radical (unpaired) electrons. The molecule has 3 rings (SSSR count). The lowest BCUT2D eigenvalue weighted by Gasteiger charge is -2.40. The first-order valence-corrected chi connectivity index (χ1v) is 6.99. The molecule has 2 heterocycles. The summed E-state index contributed by atoms with van der Waals surface area (Å²) in [5.74, 6) is -3.00. The zero-order chi connectivity index (χ0) is 15.2. The van der Waals surface area contributed by atoms with Crippen LogP contribution < -0.4 is 5.32 Å². The van der Waals surface area contributed by atoms with Gasteiger partial charge < -0.3 is 5.11 Å². The van der Waals surface area contributed by atoms with Gasteiger partial charge in [-0.15, -0.1) is 0 Å². The summed E-state index contributed by atoms with van der Waals surface area (Å²) in [5.41, 5.74) is -1.64. The number of carbonyl (C=O) groups excluding carboxylic acids is 4. The molecule has 3 atom stereocenters. The van der Waals surface area contributed by atoms with Crippen LogP contribution in [0.15, 0.2) is 12.2 Å². The van der Waals surface area contributed by atoms with E-state index in [2.05, 4.69) is 5.32 Å². The standard InChI is InChI=1S/C14H16N2O5/c17-7-14(6-5-10(18)15-13(14)21)16-11(19)8-3-1-2-4-9(8)12(16)20/h1-2,8-9,17H,3-7H2,(H,15,18,21). The lowest BCUT2D eigenvalue weighted by molar-refractivity contribution is -0.162. The van der Waals surface area contributed by atoms with Crippen LogP contribution in [0.5, 0.6) is 0 Å². The molecule has 4 amide bonds. The van der Waals surface area contributed by atoms with Crippen molar-refractivity contribution in [2.75, 3.05) is 6.61 Å². The Kier molecular flexibility index (Phi) is 3.16. The zero-order valence-electron chi connectivity index (χ0n) is 11.4. The minimum atomic E-state index is -1.64. The van der Waals surface area contributed by atoms with Crippen LogP contribution in [-0.4, -0.2) is 45.8 Å². The van der Waals surface area contributed by atoms with E-state index in [0.29, 0.717) is 12.8 Å². The zero-order valence-corrected chi connectivity index (χ0v) is 11.4. The van der Waals surface area contributed by atoms with Crippen LogP contribution in [0.4, 0.5) is 0 Å². The van der Waals surface area contributed by atoms with Gasteiger partial charge in [0.25, 0.3) is 5.91 Å². The van der Waals surface area contributed by atoms with E-state index < -0.39 is 47.6 Å². The molecule has 0 aromatic heterocycles. The smallest absolute Gasteiger partial charge is 0.255 e. The SMILES string of the molecule is O=C1CCC(CO)(N2C(=O)C3CC=CCC3C2=O)C(=O)N1. The summed E-state index contributed by atoms with van der Waals surface area (Å²) in [6.07, 6.45) is 4.61. The van der Waals surface area contributed by atoms with Gasteiger partial charge in [-0.2, -0.15) is 0 Å². The maximum absolute atomic E-state index is 12.5. The van der Waals surface area contributed by atoms with Gasteiger partial charge in [0.2, 0.25) is 17.7 Å². The van der Waals surface area contributed by atoms with E-state index in [1.165, 1.54) is 0 Å². The fraction of sp³-hybridized carbons (Fsp3) is 0.571. The van der Waals surface area contributed by atoms with Gasteiger partial charge >= 0.3 is 0 Å². The summed E-state index contributed by atoms with van der Waals surface area (Å²) >= 11 is 0. The fourth-order valence-corrected chi connectivity index (χ4v) is 3.40. The molecule has 7 nitrogen and oxygen atoms in total. The first kappa shape index (κ1) is 13.9. The van der Waals surface area contributed by atoms with Crippen molar-refractivity contribution in [3.05, 3.63) is 12.2 Å². The molecule has 0 bridgehead atoms. The third kappa shape index (κ3) is 1.84. The van der Waals surface area contributed by atoms with Gasteiger partial charge in [0.1, 0.15) is 0 Å². The van der Waals surface area contributed by atoms with Gasteiger partial charge in [-0.1, -0.05) is 12.2 Å². The maximum Gasteiger partial charge on any atom is 0.255 e. The average molecular weight is 292 g/mol. The predicted octanol–water partition coefficient (Wildman–Crippen LogP) is -0.895. The van der Waals surface area contributed by atoms with Crippen molar-refractivity contribution in [2.45, 2.75) is 31.2 Å². The van der Waals surface area contributed by atoms with Gasteiger partial charge in [0, 0.05) is 6.42 Å². The average Bonchev–Trinajstić information content (AvgIpc) is 2.74. The van der Waals surface area contributed by atoms with Crippen molar-refractivity contribution < 1.29 is 24.3 Å². The van der Waals surface area contributed by atoms with Crippen molar-refractivity contribution in [3.8, 4) is 0 Å². The van der Waals surface area contributed by atoms with Crippen LogP contribution in [-0.2, 0) is 19.2 Å². The van der Waals surface area contributed by atoms with E-state index in [4.69, 9.17) is 0 Å². The van der Waals surface area contributed by atoms with Crippen molar-refractivity contribution in [1.29, 1.82) is 0 Å². The van der Waals surface area contributed by atoms with E-state index in [9.17, 15) is 24.3 Å². The van der Waals surface area contributed by atoms with Gasteiger partial charge in [0.15, 0.2) is 5.54 Å². The quantitative estimate of drug-likeness (QED) is 0.507. The highest BCUT2D eigenvalue weighted by molar-refractivity contribution is 6.12. The first-order valence-electron chi connectivity index (χ1n) is 6.99. The molecule has 0 saturated carbocycles. The number of piperidine rings is 1. The van der Waals surface area contributed by atoms with Crippen LogP contribution in [0.1, 0.15) is 25.7 Å². The number of hydrogen-bond donors (Lipinski definition) is 2. The Labute approximate surface area is 121 Å². The maximum atomic E-state index is 12.5. The molecule has 2 aliphatic heterocycles. The minimum Gasteiger partial charge on any atom is -0.393 e. The highest BCUT2D eigenvalue weighted by Gasteiger charge is 2.59. The van der Waals surface area contributed by atoms with E-state index in [-0.39, 0.29) is 12.8 Å². The van der Waals surface area contributed by atoms with Crippen molar-refractivity contribution in [3.63, 3.8) is 0 Å². The third-order valence-corrected chi connectivity index (χ3v) is 4.64. The topological polar surface area (TPSA) is 104 Å². The number of carbonyl (C=O) groups is 4. The van der Waals surface area contributed by atoms with Crippen molar-refractivity contribution in [2.24, 2.45) is 11.8 Å². The Hall–Kier alpha value is -2.02. The predicted molar refractivity (Wildman–Crippen MR) is 69.4 cm³/mol. The van der Waals surface area contributed by atoms with E-state index >= 15 is 0 Å². The molecule has 1 aliphatic carbocycles. The second kappa shape index (κ2) is 4.77. The third-order valence-electron chi connectivity index (χ3n) is 4.64. The molecule has 0 aromatic carbocycles. The lowest BCUT2D eigenvalue weighted by Crippen LogP contribution is -2.66. The summed E-state index contributed by atoms with van der Waals surface area (Å²) in [6, 6.07) is 0. The molecule has 112 valence electrons. The number of amides is 4. The van der Waals surface area contributed by atoms with E-state index in [1.807, 2.05) is 12.2 Å². The summed E-state index contributed by atoms with van der Waals surface area (Å²) in [7, 11) is 0. The summed E-state index contributed by atoms with van der Waals surface area (Å²) < 4.78 is 0. The monoisotopic (exact) mass is 292 g/mol.